The topological polar surface area (TPSA) is 142 Å². The average molecular weight is 520 g/mol. The molecule has 3 rings (SSSR count). The number of furan rings is 1. The second-order valence-electron chi connectivity index (χ2n) is 6.73. The second kappa shape index (κ2) is 11.8. The van der Waals surface area contributed by atoms with Gasteiger partial charge in [0, 0.05) is 15.7 Å². The third-order valence-electron chi connectivity index (χ3n) is 4.12. The minimum absolute atomic E-state index is 0.117. The summed E-state index contributed by atoms with van der Waals surface area (Å²) in [4.78, 5) is 47.6. The van der Waals surface area contributed by atoms with Crippen LogP contribution in [0.1, 0.15) is 11.5 Å². The summed E-state index contributed by atoms with van der Waals surface area (Å²) in [5, 5.41) is 11.0. The number of halogens is 3. The molecule has 180 valence electrons. The molecule has 0 fully saturated rings. The van der Waals surface area contributed by atoms with Crippen LogP contribution in [0.3, 0.4) is 0 Å². The van der Waals surface area contributed by atoms with Gasteiger partial charge in [0.1, 0.15) is 17.3 Å². The molecule has 0 radical (unpaired) electrons. The molecular formula is C22H16Cl2FN5O5. The molecule has 10 nitrogen and oxygen atoms in total. The van der Waals surface area contributed by atoms with Gasteiger partial charge in [-0.25, -0.2) is 9.82 Å². The maximum Gasteiger partial charge on any atom is 0.329 e. The predicted octanol–water partition coefficient (Wildman–Crippen LogP) is 3.07. The Morgan fingerprint density at radius 2 is 1.57 bits per heavy atom. The maximum absolute atomic E-state index is 13.5. The summed E-state index contributed by atoms with van der Waals surface area (Å²) in [5.41, 5.74) is 2.07. The van der Waals surface area contributed by atoms with E-state index in [0.29, 0.717) is 10.0 Å². The van der Waals surface area contributed by atoms with Gasteiger partial charge in [0.15, 0.2) is 0 Å². The molecule has 3 aromatic rings. The molecule has 0 aliphatic heterocycles. The summed E-state index contributed by atoms with van der Waals surface area (Å²) in [6.07, 6.45) is 1.11. The van der Waals surface area contributed by atoms with Crippen molar-refractivity contribution < 1.29 is 28.0 Å². The lowest BCUT2D eigenvalue weighted by Gasteiger charge is -2.06. The minimum Gasteiger partial charge on any atom is -0.458 e. The highest BCUT2D eigenvalue weighted by atomic mass is 35.5. The first-order valence-corrected chi connectivity index (χ1v) is 10.5. The van der Waals surface area contributed by atoms with Crippen LogP contribution in [0.15, 0.2) is 64.1 Å². The Labute approximate surface area is 207 Å². The van der Waals surface area contributed by atoms with E-state index in [-0.39, 0.29) is 29.4 Å². The van der Waals surface area contributed by atoms with E-state index >= 15 is 0 Å². The Hall–Kier alpha value is -4.22. The summed E-state index contributed by atoms with van der Waals surface area (Å²) in [7, 11) is 0. The summed E-state index contributed by atoms with van der Waals surface area (Å²) in [6.45, 7) is -0.117. The summed E-state index contributed by atoms with van der Waals surface area (Å²) < 4.78 is 18.9. The zero-order valence-electron chi connectivity index (χ0n) is 17.6. The number of hydrogen-bond acceptors (Lipinski definition) is 6. The third-order valence-corrected chi connectivity index (χ3v) is 4.55. The van der Waals surface area contributed by atoms with Crippen LogP contribution in [0.25, 0.3) is 0 Å². The molecule has 0 unspecified atom stereocenters. The van der Waals surface area contributed by atoms with Gasteiger partial charge in [0.05, 0.1) is 18.4 Å². The molecule has 0 aliphatic carbocycles. The Kier molecular flexibility index (Phi) is 8.54. The van der Waals surface area contributed by atoms with E-state index < -0.39 is 29.4 Å². The fourth-order valence-corrected chi connectivity index (χ4v) is 3.09. The quantitative estimate of drug-likeness (QED) is 0.225. The van der Waals surface area contributed by atoms with Crippen molar-refractivity contribution in [2.75, 3.05) is 10.6 Å². The van der Waals surface area contributed by atoms with Gasteiger partial charge in [0.25, 0.3) is 0 Å². The fourth-order valence-electron chi connectivity index (χ4n) is 2.57. The van der Waals surface area contributed by atoms with E-state index in [1.807, 2.05) is 5.43 Å². The van der Waals surface area contributed by atoms with E-state index in [0.717, 1.165) is 12.3 Å². The van der Waals surface area contributed by atoms with Crippen LogP contribution >= 0.6 is 23.2 Å². The zero-order valence-corrected chi connectivity index (χ0v) is 19.1. The van der Waals surface area contributed by atoms with Crippen molar-refractivity contribution in [2.24, 2.45) is 5.10 Å². The monoisotopic (exact) mass is 519 g/mol. The molecule has 1 heterocycles. The van der Waals surface area contributed by atoms with Crippen LogP contribution in [0, 0.1) is 5.82 Å². The highest BCUT2D eigenvalue weighted by molar-refractivity contribution is 6.40. The molecule has 0 atom stereocenters. The highest BCUT2D eigenvalue weighted by Crippen LogP contribution is 2.22. The molecule has 2 aromatic carbocycles. The first-order chi connectivity index (χ1) is 16.7. The van der Waals surface area contributed by atoms with Gasteiger partial charge in [0.2, 0.25) is 0 Å². The zero-order chi connectivity index (χ0) is 25.4. The van der Waals surface area contributed by atoms with Crippen molar-refractivity contribution >= 4 is 64.4 Å². The van der Waals surface area contributed by atoms with E-state index in [4.69, 9.17) is 27.6 Å². The molecule has 0 aliphatic rings. The van der Waals surface area contributed by atoms with Crippen LogP contribution in [-0.4, -0.2) is 29.8 Å². The fraction of sp³-hybridized carbons (Fsp3) is 0.0455. The number of nitrogens with one attached hydrogen (secondary N) is 4. The largest absolute Gasteiger partial charge is 0.458 e. The smallest absolute Gasteiger partial charge is 0.329 e. The predicted molar refractivity (Wildman–Crippen MR) is 126 cm³/mol. The molecule has 0 spiro atoms. The Morgan fingerprint density at radius 3 is 2.29 bits per heavy atom. The van der Waals surface area contributed by atoms with Crippen LogP contribution < -0.4 is 21.4 Å². The molecule has 13 heteroatoms. The summed E-state index contributed by atoms with van der Waals surface area (Å²) in [5.74, 6) is -4.35. The molecule has 35 heavy (non-hydrogen) atoms. The molecule has 4 amide bonds. The van der Waals surface area contributed by atoms with Gasteiger partial charge in [-0.1, -0.05) is 35.3 Å². The van der Waals surface area contributed by atoms with Gasteiger partial charge in [-0.3, -0.25) is 19.2 Å². The van der Waals surface area contributed by atoms with E-state index in [1.165, 1.54) is 48.5 Å². The first kappa shape index (κ1) is 25.4. The van der Waals surface area contributed by atoms with Gasteiger partial charge >= 0.3 is 23.6 Å². The van der Waals surface area contributed by atoms with Crippen LogP contribution in [0.4, 0.5) is 15.8 Å². The molecule has 0 bridgehead atoms. The second-order valence-corrected chi connectivity index (χ2v) is 7.60. The van der Waals surface area contributed by atoms with Gasteiger partial charge < -0.3 is 20.4 Å². The third kappa shape index (κ3) is 7.66. The number of para-hydroxylation sites is 1. The van der Waals surface area contributed by atoms with E-state index in [2.05, 4.69) is 21.1 Å². The Bertz CT molecular complexity index is 1290. The van der Waals surface area contributed by atoms with Gasteiger partial charge in [-0.2, -0.15) is 5.10 Å². The van der Waals surface area contributed by atoms with E-state index in [1.54, 1.807) is 0 Å². The molecule has 1 aromatic heterocycles. The minimum atomic E-state index is -1.13. The average Bonchev–Trinajstić information content (AvgIpc) is 3.25. The lowest BCUT2D eigenvalue weighted by molar-refractivity contribution is -0.136. The summed E-state index contributed by atoms with van der Waals surface area (Å²) >= 11 is 11.7. The number of benzene rings is 2. The van der Waals surface area contributed by atoms with Crippen LogP contribution in [0.2, 0.25) is 10.0 Å². The maximum atomic E-state index is 13.5. The van der Waals surface area contributed by atoms with Crippen molar-refractivity contribution in [3.05, 3.63) is 82.0 Å². The molecular weight excluding hydrogens is 504 g/mol. The molecule has 4 N–H and O–H groups in total. The highest BCUT2D eigenvalue weighted by Gasteiger charge is 2.16. The number of amides is 4. The van der Waals surface area contributed by atoms with Crippen molar-refractivity contribution in [3.8, 4) is 0 Å². The number of nitrogens with zero attached hydrogens (tertiary/aromatic N) is 1. The van der Waals surface area contributed by atoms with Crippen LogP contribution in [-0.2, 0) is 25.7 Å². The molecule has 0 saturated heterocycles. The van der Waals surface area contributed by atoms with Gasteiger partial charge in [-0.05, 0) is 42.5 Å². The van der Waals surface area contributed by atoms with Gasteiger partial charge in [-0.15, -0.1) is 0 Å². The number of anilines is 2. The number of carbonyl (C=O) groups is 4. The number of hydrazone groups is 1. The standard InChI is InChI=1S/C22H16Cl2FN5O5/c23-12-7-13(24)9-14(8-12)28-20(32)19(31)26-10-15-5-6-16(35-15)11-27-30-22(34)21(33)29-18-4-2-1-3-17(18)25/h1-9,11H,10H2,(H,26,31)(H,28,32)(H,29,33)(H,30,34)/b27-11+. The normalized spacial score (nSPS) is 10.6. The van der Waals surface area contributed by atoms with E-state index in [9.17, 15) is 23.6 Å². The van der Waals surface area contributed by atoms with Crippen molar-refractivity contribution in [1.29, 1.82) is 0 Å². The Morgan fingerprint density at radius 1 is 0.886 bits per heavy atom. The van der Waals surface area contributed by atoms with Crippen LogP contribution in [0.5, 0.6) is 0 Å². The lowest BCUT2D eigenvalue weighted by Crippen LogP contribution is -2.34. The van der Waals surface area contributed by atoms with Crippen molar-refractivity contribution in [2.45, 2.75) is 6.54 Å². The van der Waals surface area contributed by atoms with Crippen molar-refractivity contribution in [3.63, 3.8) is 0 Å². The lowest BCUT2D eigenvalue weighted by atomic mass is 10.3. The number of hydrogen-bond donors (Lipinski definition) is 4. The van der Waals surface area contributed by atoms with Crippen molar-refractivity contribution in [1.82, 2.24) is 10.7 Å². The Balaban J connectivity index is 1.45. The SMILES string of the molecule is O=C(NCc1ccc(/C=N/NC(=O)C(=O)Nc2ccccc2F)o1)C(=O)Nc1cc(Cl)cc(Cl)c1. The first-order valence-electron chi connectivity index (χ1n) is 9.74. The summed E-state index contributed by atoms with van der Waals surface area (Å²) in [6, 6.07) is 12.7. The number of carbonyl (C=O) groups excluding carboxylic acids is 4. The molecule has 0 saturated carbocycles. The number of rotatable bonds is 6.